The molecule has 3 rings (SSSR count). The number of amides is 1. The van der Waals surface area contributed by atoms with E-state index in [1.165, 1.54) is 11.1 Å². The van der Waals surface area contributed by atoms with Gasteiger partial charge >= 0.3 is 0 Å². The van der Waals surface area contributed by atoms with Gasteiger partial charge in [-0.1, -0.05) is 12.1 Å². The number of anilines is 1. The number of hydrogen-bond donors (Lipinski definition) is 2. The normalized spacial score (nSPS) is 23.8. The smallest absolute Gasteiger partial charge is 0.220 e. The van der Waals surface area contributed by atoms with Crippen molar-refractivity contribution in [3.63, 3.8) is 0 Å². The van der Waals surface area contributed by atoms with E-state index in [0.29, 0.717) is 12.5 Å². The topological polar surface area (TPSA) is 58.4 Å². The molecule has 0 aromatic heterocycles. The first-order valence-electron chi connectivity index (χ1n) is 6.60. The molecule has 2 aliphatic rings. The van der Waals surface area contributed by atoms with Crippen molar-refractivity contribution >= 4 is 11.6 Å². The monoisotopic (exact) mass is 245 g/mol. The number of nitrogens with zero attached hydrogens (tertiary/aromatic N) is 1. The Labute approximate surface area is 107 Å². The summed E-state index contributed by atoms with van der Waals surface area (Å²) in [4.78, 5) is 13.6. The molecule has 1 amide bonds. The molecule has 1 aromatic rings. The average molecular weight is 245 g/mol. The molecule has 2 aliphatic heterocycles. The van der Waals surface area contributed by atoms with Crippen LogP contribution in [0.25, 0.3) is 0 Å². The molecule has 96 valence electrons. The first-order chi connectivity index (χ1) is 8.72. The minimum absolute atomic E-state index is 0.192. The summed E-state index contributed by atoms with van der Waals surface area (Å²) in [5.74, 6) is 0.192. The lowest BCUT2D eigenvalue weighted by molar-refractivity contribution is -0.119. The maximum absolute atomic E-state index is 11.2. The molecule has 0 saturated carbocycles. The third kappa shape index (κ3) is 2.20. The molecule has 1 fully saturated rings. The third-order valence-corrected chi connectivity index (χ3v) is 3.95. The van der Waals surface area contributed by atoms with Gasteiger partial charge in [0, 0.05) is 37.8 Å². The fourth-order valence-corrected chi connectivity index (χ4v) is 2.94. The van der Waals surface area contributed by atoms with Crippen LogP contribution in [0, 0.1) is 0 Å². The van der Waals surface area contributed by atoms with E-state index in [2.05, 4.69) is 16.3 Å². The molecule has 0 spiro atoms. The highest BCUT2D eigenvalue weighted by Crippen LogP contribution is 2.24. The summed E-state index contributed by atoms with van der Waals surface area (Å²) in [6.45, 7) is 2.91. The number of carbonyl (C=O) groups is 1. The zero-order valence-corrected chi connectivity index (χ0v) is 10.5. The van der Waals surface area contributed by atoms with Crippen LogP contribution in [0.5, 0.6) is 0 Å². The van der Waals surface area contributed by atoms with Gasteiger partial charge in [0.1, 0.15) is 0 Å². The molecule has 0 radical (unpaired) electrons. The molecule has 1 aromatic carbocycles. The number of fused-ring (bicyclic) bond motifs is 1. The first-order valence-corrected chi connectivity index (χ1v) is 6.60. The van der Waals surface area contributed by atoms with Gasteiger partial charge in [0.15, 0.2) is 0 Å². The van der Waals surface area contributed by atoms with E-state index in [1.807, 2.05) is 12.1 Å². The van der Waals surface area contributed by atoms with Gasteiger partial charge in [-0.15, -0.1) is 0 Å². The van der Waals surface area contributed by atoms with Crippen molar-refractivity contribution in [2.24, 2.45) is 0 Å². The molecule has 0 bridgehead atoms. The Morgan fingerprint density at radius 1 is 1.39 bits per heavy atom. The number of hydrogen-bond acceptors (Lipinski definition) is 3. The van der Waals surface area contributed by atoms with Crippen LogP contribution in [-0.2, 0) is 17.8 Å². The van der Waals surface area contributed by atoms with Gasteiger partial charge < -0.3 is 11.1 Å². The lowest BCUT2D eigenvalue weighted by atomic mass is 9.98. The second-order valence-corrected chi connectivity index (χ2v) is 5.27. The molecule has 3 N–H and O–H groups in total. The van der Waals surface area contributed by atoms with Crippen molar-refractivity contribution in [3.8, 4) is 0 Å². The van der Waals surface area contributed by atoms with E-state index >= 15 is 0 Å². The SMILES string of the molecule is Nc1cccc2c1CN(CC1CCC(=O)N1)CC2. The predicted molar refractivity (Wildman–Crippen MR) is 71.0 cm³/mol. The lowest BCUT2D eigenvalue weighted by Crippen LogP contribution is -2.41. The van der Waals surface area contributed by atoms with Crippen molar-refractivity contribution in [2.45, 2.75) is 31.8 Å². The third-order valence-electron chi connectivity index (χ3n) is 3.95. The fourth-order valence-electron chi connectivity index (χ4n) is 2.94. The van der Waals surface area contributed by atoms with Crippen LogP contribution in [0.2, 0.25) is 0 Å². The molecule has 18 heavy (non-hydrogen) atoms. The van der Waals surface area contributed by atoms with Crippen LogP contribution in [-0.4, -0.2) is 29.9 Å². The maximum atomic E-state index is 11.2. The van der Waals surface area contributed by atoms with E-state index in [4.69, 9.17) is 5.73 Å². The van der Waals surface area contributed by atoms with Gasteiger partial charge in [-0.05, 0) is 30.0 Å². The summed E-state index contributed by atoms with van der Waals surface area (Å²) >= 11 is 0. The van der Waals surface area contributed by atoms with Crippen molar-refractivity contribution in [3.05, 3.63) is 29.3 Å². The van der Waals surface area contributed by atoms with Crippen molar-refractivity contribution < 1.29 is 4.79 Å². The van der Waals surface area contributed by atoms with E-state index in [1.54, 1.807) is 0 Å². The quantitative estimate of drug-likeness (QED) is 0.761. The van der Waals surface area contributed by atoms with E-state index < -0.39 is 0 Å². The van der Waals surface area contributed by atoms with E-state index in [-0.39, 0.29) is 5.91 Å². The standard InChI is InChI=1S/C14H19N3O/c15-13-3-1-2-10-6-7-17(9-12(10)13)8-11-4-5-14(18)16-11/h1-3,11H,4-9,15H2,(H,16,18). The number of benzene rings is 1. The Morgan fingerprint density at radius 3 is 3.06 bits per heavy atom. The second kappa shape index (κ2) is 4.61. The molecule has 4 heteroatoms. The summed E-state index contributed by atoms with van der Waals surface area (Å²) in [6, 6.07) is 6.49. The highest BCUT2D eigenvalue weighted by molar-refractivity contribution is 5.78. The zero-order chi connectivity index (χ0) is 12.5. The number of nitrogens with one attached hydrogen (secondary N) is 1. The Bertz CT molecular complexity index is 472. The number of rotatable bonds is 2. The van der Waals surface area contributed by atoms with Crippen LogP contribution in [0.1, 0.15) is 24.0 Å². The van der Waals surface area contributed by atoms with Crippen LogP contribution in [0.4, 0.5) is 5.69 Å². The predicted octanol–water partition coefficient (Wildman–Crippen LogP) is 0.905. The summed E-state index contributed by atoms with van der Waals surface area (Å²) in [6.07, 6.45) is 2.70. The molecule has 2 heterocycles. The van der Waals surface area contributed by atoms with Crippen LogP contribution in [0.3, 0.4) is 0 Å². The number of nitrogens with two attached hydrogens (primary N) is 1. The Morgan fingerprint density at radius 2 is 2.28 bits per heavy atom. The van der Waals surface area contributed by atoms with Crippen molar-refractivity contribution in [1.29, 1.82) is 0 Å². The summed E-state index contributed by atoms with van der Waals surface area (Å²) < 4.78 is 0. The highest BCUT2D eigenvalue weighted by atomic mass is 16.1. The summed E-state index contributed by atoms with van der Waals surface area (Å²) in [5, 5.41) is 3.03. The fraction of sp³-hybridized carbons (Fsp3) is 0.500. The number of carbonyl (C=O) groups excluding carboxylic acids is 1. The van der Waals surface area contributed by atoms with Gasteiger partial charge in [-0.25, -0.2) is 0 Å². The largest absolute Gasteiger partial charge is 0.398 e. The zero-order valence-electron chi connectivity index (χ0n) is 10.5. The Kier molecular flexibility index (Phi) is 2.96. The summed E-state index contributed by atoms with van der Waals surface area (Å²) in [7, 11) is 0. The van der Waals surface area contributed by atoms with E-state index in [9.17, 15) is 4.79 Å². The first kappa shape index (κ1) is 11.5. The minimum Gasteiger partial charge on any atom is -0.398 e. The van der Waals surface area contributed by atoms with Gasteiger partial charge in [-0.3, -0.25) is 9.69 Å². The van der Waals surface area contributed by atoms with E-state index in [0.717, 1.165) is 38.2 Å². The van der Waals surface area contributed by atoms with Gasteiger partial charge in [-0.2, -0.15) is 0 Å². The molecular formula is C14H19N3O. The Hall–Kier alpha value is -1.55. The maximum Gasteiger partial charge on any atom is 0.220 e. The highest BCUT2D eigenvalue weighted by Gasteiger charge is 2.25. The van der Waals surface area contributed by atoms with Crippen LogP contribution >= 0.6 is 0 Å². The molecule has 1 unspecified atom stereocenters. The summed E-state index contributed by atoms with van der Waals surface area (Å²) in [5.41, 5.74) is 9.58. The lowest BCUT2D eigenvalue weighted by Gasteiger charge is -2.31. The second-order valence-electron chi connectivity index (χ2n) is 5.27. The molecule has 1 saturated heterocycles. The molecular weight excluding hydrogens is 226 g/mol. The minimum atomic E-state index is 0.192. The van der Waals surface area contributed by atoms with Gasteiger partial charge in [0.2, 0.25) is 5.91 Å². The van der Waals surface area contributed by atoms with Crippen LogP contribution in [0.15, 0.2) is 18.2 Å². The molecule has 0 aliphatic carbocycles. The van der Waals surface area contributed by atoms with Gasteiger partial charge in [0.25, 0.3) is 0 Å². The van der Waals surface area contributed by atoms with Crippen molar-refractivity contribution in [2.75, 3.05) is 18.8 Å². The molecule has 1 atom stereocenters. The Balaban J connectivity index is 1.67. The number of nitrogen functional groups attached to an aromatic ring is 1. The van der Waals surface area contributed by atoms with Crippen molar-refractivity contribution in [1.82, 2.24) is 10.2 Å². The van der Waals surface area contributed by atoms with Gasteiger partial charge in [0.05, 0.1) is 0 Å². The van der Waals surface area contributed by atoms with Crippen LogP contribution < -0.4 is 11.1 Å². The molecule has 4 nitrogen and oxygen atoms in total. The average Bonchev–Trinajstić information content (AvgIpc) is 2.76.